The van der Waals surface area contributed by atoms with Gasteiger partial charge in [0.1, 0.15) is 0 Å². The van der Waals surface area contributed by atoms with E-state index < -0.39 is 0 Å². The lowest BCUT2D eigenvalue weighted by molar-refractivity contribution is 0.703. The predicted octanol–water partition coefficient (Wildman–Crippen LogP) is 2.34. The van der Waals surface area contributed by atoms with Crippen molar-refractivity contribution in [3.63, 3.8) is 0 Å². The molecule has 0 radical (unpaired) electrons. The molecule has 1 rings (SSSR count). The Labute approximate surface area is 64.5 Å². The third-order valence-corrected chi connectivity index (χ3v) is 1.29. The Morgan fingerprint density at radius 1 is 1.50 bits per heavy atom. The van der Waals surface area contributed by atoms with Crippen LogP contribution in [-0.2, 0) is 0 Å². The van der Waals surface area contributed by atoms with E-state index in [1.807, 2.05) is 0 Å². The van der Waals surface area contributed by atoms with Crippen LogP contribution in [0.5, 0.6) is 0 Å². The second-order valence-corrected chi connectivity index (χ2v) is 2.71. The van der Waals surface area contributed by atoms with Gasteiger partial charge in [0, 0.05) is 6.54 Å². The SMILES string of the molecule is CC1=CCNCC1.CCC. The molecule has 0 saturated carbocycles. The van der Waals surface area contributed by atoms with E-state index >= 15 is 0 Å². The molecule has 0 aromatic heterocycles. The number of rotatable bonds is 0. The fourth-order valence-corrected chi connectivity index (χ4v) is 0.736. The van der Waals surface area contributed by atoms with E-state index in [0.717, 1.165) is 6.54 Å². The molecule has 0 unspecified atom stereocenters. The molecular weight excluding hydrogens is 122 g/mol. The van der Waals surface area contributed by atoms with E-state index in [1.165, 1.54) is 25.0 Å². The van der Waals surface area contributed by atoms with Gasteiger partial charge in [-0.15, -0.1) is 0 Å². The van der Waals surface area contributed by atoms with E-state index in [9.17, 15) is 0 Å². The molecule has 1 heterocycles. The summed E-state index contributed by atoms with van der Waals surface area (Å²) in [7, 11) is 0. The summed E-state index contributed by atoms with van der Waals surface area (Å²) in [6.07, 6.45) is 4.73. The van der Waals surface area contributed by atoms with Crippen molar-refractivity contribution in [2.24, 2.45) is 0 Å². The summed E-state index contributed by atoms with van der Waals surface area (Å²) in [4.78, 5) is 0. The predicted molar refractivity (Wildman–Crippen MR) is 47.2 cm³/mol. The third kappa shape index (κ3) is 5.83. The molecule has 0 atom stereocenters. The van der Waals surface area contributed by atoms with Crippen LogP contribution in [0, 0.1) is 0 Å². The maximum atomic E-state index is 3.24. The first-order valence-corrected chi connectivity index (χ1v) is 4.17. The Morgan fingerprint density at radius 3 is 2.30 bits per heavy atom. The fourth-order valence-electron chi connectivity index (χ4n) is 0.736. The van der Waals surface area contributed by atoms with Crippen molar-refractivity contribution in [3.8, 4) is 0 Å². The average Bonchev–Trinajstić information content (AvgIpc) is 1.91. The van der Waals surface area contributed by atoms with Gasteiger partial charge in [-0.05, 0) is 19.9 Å². The highest BCUT2D eigenvalue weighted by atomic mass is 14.8. The van der Waals surface area contributed by atoms with Crippen LogP contribution >= 0.6 is 0 Å². The molecule has 1 aliphatic heterocycles. The first kappa shape index (κ1) is 9.70. The molecule has 0 aliphatic carbocycles. The van der Waals surface area contributed by atoms with Gasteiger partial charge in [-0.3, -0.25) is 0 Å². The van der Waals surface area contributed by atoms with E-state index in [-0.39, 0.29) is 0 Å². The molecule has 0 bridgehead atoms. The summed E-state index contributed by atoms with van der Waals surface area (Å²) in [5, 5.41) is 3.24. The maximum absolute atomic E-state index is 3.24. The van der Waals surface area contributed by atoms with Gasteiger partial charge in [-0.25, -0.2) is 0 Å². The molecular formula is C9H19N. The third-order valence-electron chi connectivity index (χ3n) is 1.29. The fraction of sp³-hybridized carbons (Fsp3) is 0.778. The van der Waals surface area contributed by atoms with Crippen LogP contribution in [0.1, 0.15) is 33.6 Å². The van der Waals surface area contributed by atoms with Crippen LogP contribution < -0.4 is 5.32 Å². The molecule has 1 heteroatoms. The Hall–Kier alpha value is -0.300. The highest BCUT2D eigenvalue weighted by Crippen LogP contribution is 1.99. The Bertz CT molecular complexity index is 94.9. The zero-order chi connectivity index (χ0) is 7.82. The minimum atomic E-state index is 1.08. The van der Waals surface area contributed by atoms with Crippen LogP contribution in [-0.4, -0.2) is 13.1 Å². The molecule has 1 nitrogen and oxygen atoms in total. The lowest BCUT2D eigenvalue weighted by Crippen LogP contribution is -2.19. The van der Waals surface area contributed by atoms with Gasteiger partial charge in [-0.1, -0.05) is 31.9 Å². The number of hydrogen-bond acceptors (Lipinski definition) is 1. The first-order chi connectivity index (χ1) is 4.81. The van der Waals surface area contributed by atoms with Crippen molar-refractivity contribution in [1.82, 2.24) is 5.32 Å². The molecule has 0 fully saturated rings. The zero-order valence-corrected chi connectivity index (χ0v) is 7.41. The largest absolute Gasteiger partial charge is 0.313 e. The van der Waals surface area contributed by atoms with Crippen LogP contribution in [0.4, 0.5) is 0 Å². The minimum Gasteiger partial charge on any atom is -0.313 e. The van der Waals surface area contributed by atoms with E-state index in [2.05, 4.69) is 32.2 Å². The van der Waals surface area contributed by atoms with Crippen molar-refractivity contribution in [2.75, 3.05) is 13.1 Å². The molecule has 60 valence electrons. The van der Waals surface area contributed by atoms with Crippen LogP contribution in [0.2, 0.25) is 0 Å². The number of hydrogen-bond donors (Lipinski definition) is 1. The Balaban J connectivity index is 0.000000236. The van der Waals surface area contributed by atoms with Gasteiger partial charge in [0.05, 0.1) is 0 Å². The van der Waals surface area contributed by atoms with Gasteiger partial charge in [0.15, 0.2) is 0 Å². The number of nitrogens with one attached hydrogen (secondary N) is 1. The van der Waals surface area contributed by atoms with Crippen molar-refractivity contribution < 1.29 is 0 Å². The molecule has 0 saturated heterocycles. The summed E-state index contributed by atoms with van der Waals surface area (Å²) in [5.41, 5.74) is 1.53. The van der Waals surface area contributed by atoms with Crippen molar-refractivity contribution in [3.05, 3.63) is 11.6 Å². The smallest absolute Gasteiger partial charge is 0.0137 e. The molecule has 0 aromatic carbocycles. The maximum Gasteiger partial charge on any atom is 0.0137 e. The summed E-state index contributed by atoms with van der Waals surface area (Å²) >= 11 is 0. The second-order valence-electron chi connectivity index (χ2n) is 2.71. The van der Waals surface area contributed by atoms with Crippen molar-refractivity contribution >= 4 is 0 Å². The van der Waals surface area contributed by atoms with Gasteiger partial charge in [0.25, 0.3) is 0 Å². The second kappa shape index (κ2) is 6.81. The monoisotopic (exact) mass is 141 g/mol. The quantitative estimate of drug-likeness (QED) is 0.511. The zero-order valence-electron chi connectivity index (χ0n) is 7.41. The Morgan fingerprint density at radius 2 is 2.10 bits per heavy atom. The van der Waals surface area contributed by atoms with Crippen molar-refractivity contribution in [2.45, 2.75) is 33.6 Å². The Kier molecular flexibility index (Phi) is 6.61. The van der Waals surface area contributed by atoms with Crippen LogP contribution in [0.25, 0.3) is 0 Å². The summed E-state index contributed by atoms with van der Waals surface area (Å²) < 4.78 is 0. The van der Waals surface area contributed by atoms with E-state index in [0.29, 0.717) is 0 Å². The average molecular weight is 141 g/mol. The van der Waals surface area contributed by atoms with Gasteiger partial charge < -0.3 is 5.32 Å². The molecule has 1 aliphatic rings. The highest BCUT2D eigenvalue weighted by Gasteiger charge is 1.93. The lowest BCUT2D eigenvalue weighted by atomic mass is 10.1. The standard InChI is InChI=1S/C6H11N.C3H8/c1-6-2-4-7-5-3-6;1-3-2/h2,7H,3-5H2,1H3;3H2,1-2H3. The van der Waals surface area contributed by atoms with E-state index in [4.69, 9.17) is 0 Å². The molecule has 1 N–H and O–H groups in total. The van der Waals surface area contributed by atoms with Gasteiger partial charge >= 0.3 is 0 Å². The van der Waals surface area contributed by atoms with Crippen LogP contribution in [0.15, 0.2) is 11.6 Å². The first-order valence-electron chi connectivity index (χ1n) is 4.17. The molecule has 10 heavy (non-hydrogen) atoms. The molecule has 0 spiro atoms. The van der Waals surface area contributed by atoms with Crippen LogP contribution in [0.3, 0.4) is 0 Å². The molecule has 0 aromatic rings. The summed E-state index contributed by atoms with van der Waals surface area (Å²) in [6.45, 7) is 8.68. The minimum absolute atomic E-state index is 1.08. The highest BCUT2D eigenvalue weighted by molar-refractivity contribution is 5.02. The van der Waals surface area contributed by atoms with Gasteiger partial charge in [0.2, 0.25) is 0 Å². The summed E-state index contributed by atoms with van der Waals surface area (Å²) in [6, 6.07) is 0. The van der Waals surface area contributed by atoms with Crippen molar-refractivity contribution in [1.29, 1.82) is 0 Å². The molecule has 0 amide bonds. The lowest BCUT2D eigenvalue weighted by Gasteiger charge is -2.08. The summed E-state index contributed by atoms with van der Waals surface area (Å²) in [5.74, 6) is 0. The van der Waals surface area contributed by atoms with E-state index in [1.54, 1.807) is 0 Å². The normalized spacial score (nSPS) is 16.9. The topological polar surface area (TPSA) is 12.0 Å². The van der Waals surface area contributed by atoms with Gasteiger partial charge in [-0.2, -0.15) is 0 Å².